The Kier molecular flexibility index (Phi) is 39.3. The maximum atomic E-state index is 14.6. The summed E-state index contributed by atoms with van der Waals surface area (Å²) in [6, 6.07) is 22.9. The fourth-order valence-electron chi connectivity index (χ4n) is 17.2. The zero-order chi connectivity index (χ0) is 103. The van der Waals surface area contributed by atoms with Crippen LogP contribution < -0.4 is 59.0 Å². The number of aromatic amines is 1. The molecule has 0 unspecified atom stereocenters. The summed E-state index contributed by atoms with van der Waals surface area (Å²) in [4.78, 5) is 157. The number of likely N-dealkylation sites (tertiary alicyclic amines) is 2. The molecule has 3 atom stereocenters. The van der Waals surface area contributed by atoms with Crippen LogP contribution in [0, 0.1) is 46.0 Å². The number of H-pyrrole nitrogens is 1. The lowest BCUT2D eigenvalue weighted by Crippen LogP contribution is -2.58. The van der Waals surface area contributed by atoms with Gasteiger partial charge in [-0.2, -0.15) is 0 Å². The van der Waals surface area contributed by atoms with Crippen LogP contribution in [0.3, 0.4) is 0 Å². The SMILES string of the molecule is CCOC(=O)C1CCN(C(=O)OC(C)(C)C)CC1.CCOC(=O)c1c(C)csc1N.COc1ccccc1[C@H](CN1C(=O)C2(CCN(C(=O)OC(C)(C)C)CC2)C(=O)c2c1sc(Br)c2C)OC1CCOCC1.COc1ccccc1[C@H](Cn1c(=O)oc(=O)c2c(C)c(Br)sc21)OC1CCOCC1.COc1ccccc1[C@H](Cn1c(=O)oc(=O)c2c(C)csc21)OC1CCOCC1.Cc1csc2[nH]c(=O)oc(=O)c12. The summed E-state index contributed by atoms with van der Waals surface area (Å²) in [5, 5.41) is 8.00. The van der Waals surface area contributed by atoms with Crippen molar-refractivity contribution in [2.45, 2.75) is 215 Å². The number of esters is 2. The van der Waals surface area contributed by atoms with E-state index in [1.807, 2.05) is 153 Å². The van der Waals surface area contributed by atoms with Crippen molar-refractivity contribution in [1.82, 2.24) is 23.9 Å². The van der Waals surface area contributed by atoms with E-state index < -0.39 is 75.2 Å². The lowest BCUT2D eigenvalue weighted by Gasteiger charge is -2.45. The van der Waals surface area contributed by atoms with E-state index in [9.17, 15) is 57.5 Å². The summed E-state index contributed by atoms with van der Waals surface area (Å²) in [7, 11) is 4.84. The van der Waals surface area contributed by atoms with Crippen molar-refractivity contribution < 1.29 is 104 Å². The number of ether oxygens (including phenoxy) is 13. The third kappa shape index (κ3) is 27.8. The van der Waals surface area contributed by atoms with Crippen molar-refractivity contribution in [3.05, 3.63) is 215 Å². The summed E-state index contributed by atoms with van der Waals surface area (Å²) < 4.78 is 92.5. The molecule has 0 radical (unpaired) electrons. The van der Waals surface area contributed by atoms with E-state index in [2.05, 4.69) is 41.3 Å². The molecular formula is C101H123Br2N7O28S5. The molecule has 0 bridgehead atoms. The summed E-state index contributed by atoms with van der Waals surface area (Å²) in [6.45, 7) is 30.7. The Hall–Kier alpha value is -10.5. The summed E-state index contributed by atoms with van der Waals surface area (Å²) in [5.74, 6) is -0.994. The van der Waals surface area contributed by atoms with E-state index in [0.717, 1.165) is 90.6 Å². The normalized spacial score (nSPS) is 16.5. The van der Waals surface area contributed by atoms with Crippen LogP contribution in [0.1, 0.15) is 203 Å². The van der Waals surface area contributed by atoms with Crippen LogP contribution in [0.5, 0.6) is 17.2 Å². The average Bonchev–Trinajstić information content (AvgIpc) is 1.65. The number of carbonyl (C=O) groups is 6. The number of fused-ring (bicyclic) bond motifs is 4. The van der Waals surface area contributed by atoms with Crippen molar-refractivity contribution in [2.24, 2.45) is 11.3 Å². The molecule has 3 amide bonds. The predicted octanol–water partition coefficient (Wildman–Crippen LogP) is 18.5. The van der Waals surface area contributed by atoms with Gasteiger partial charge in [0.1, 0.15) is 76.7 Å². The molecule has 3 aromatic carbocycles. The van der Waals surface area contributed by atoms with Crippen molar-refractivity contribution in [2.75, 3.05) is 118 Å². The van der Waals surface area contributed by atoms with Gasteiger partial charge in [0.25, 0.3) is 0 Å². The Labute approximate surface area is 862 Å². The number of aryl methyl sites for hydroxylation is 4. The number of halogens is 2. The smallest absolute Gasteiger partial charge is 0.423 e. The number of piperidine rings is 2. The van der Waals surface area contributed by atoms with Crippen molar-refractivity contribution in [1.29, 1.82) is 0 Å². The summed E-state index contributed by atoms with van der Waals surface area (Å²) in [6.07, 6.45) is 4.30. The zero-order valence-corrected chi connectivity index (χ0v) is 90.2. The van der Waals surface area contributed by atoms with Gasteiger partial charge in [0, 0.05) is 82.5 Å². The molecule has 1 spiro atoms. The zero-order valence-electron chi connectivity index (χ0n) is 82.9. The topological polar surface area (TPSA) is 426 Å². The van der Waals surface area contributed by atoms with Gasteiger partial charge in [0.05, 0.1) is 113 Å². The van der Waals surface area contributed by atoms with E-state index in [1.165, 1.54) is 65.8 Å². The number of carbonyl (C=O) groups excluding carboxylic acids is 6. The highest BCUT2D eigenvalue weighted by Gasteiger charge is 2.57. The van der Waals surface area contributed by atoms with Crippen LogP contribution in [-0.2, 0) is 70.0 Å². The fraction of sp³-hybridized carbons (Fsp3) is 0.505. The van der Waals surface area contributed by atoms with Gasteiger partial charge in [0.15, 0.2) is 5.78 Å². The number of thiophene rings is 5. The highest BCUT2D eigenvalue weighted by atomic mass is 79.9. The first kappa shape index (κ1) is 111. The minimum absolute atomic E-state index is 0.00684. The van der Waals surface area contributed by atoms with Crippen molar-refractivity contribution >= 4 is 165 Å². The molecule has 5 saturated heterocycles. The highest BCUT2D eigenvalue weighted by molar-refractivity contribution is 9.11. The van der Waals surface area contributed by atoms with Gasteiger partial charge < -0.3 is 90.4 Å². The Morgan fingerprint density at radius 2 is 0.923 bits per heavy atom. The minimum Gasteiger partial charge on any atom is -0.496 e. The van der Waals surface area contributed by atoms with Crippen molar-refractivity contribution in [3.63, 3.8) is 0 Å². The second-order valence-corrected chi connectivity index (χ2v) is 43.9. The van der Waals surface area contributed by atoms with Crippen LogP contribution in [0.25, 0.3) is 30.6 Å². The standard InChI is InChI=1S/C31H39BrN2O7S.C21H22BrNO6S.C21H23NO6S.C13H23NO4.C8H11NO2S.C7H5NO3S/c1-19-24-25(35)31(12-14-33(15-13-31)29(37)41-30(2,3)4)28(36)34(27(24)42-26(19)32)18-23(40-20-10-16-39-17-11-20)21-8-6-7-9-22(21)38-5;1-12-17-19(30-18(12)22)23(21(25)29-20(17)24)11-16(28-13-7-9-27-10-8-13)14-5-3-4-6-15(14)26-2;1-13-12-29-19-18(13)20(23)28-21(24)22(19)11-17(27-14-7-9-26-10-8-14)15-5-3-4-6-16(15)25-2;1-5-17-11(15)10-6-8-14(9-7-10)12(16)18-13(2,3)4;1-3-11-8(10)6-5(2)4-12-7(6)9;1-3-2-12-5-4(3)6(9)11-7(10)8-5/h6-9,20,23H,10-18H2,1-5H3;3-6,13,16H,7-11H2,1-2H3;3-6,12,14,17H,7-11H2,1-2H3;10H,5-9H2,1-4H3;4H,3,9H2,1-2H3;2H,1H3,(H,8,10)/t23-;16-;17-;;;/m000.../s1. The van der Waals surface area contributed by atoms with Crippen LogP contribution in [-0.4, -0.2) is 196 Å². The van der Waals surface area contributed by atoms with E-state index in [-0.39, 0.29) is 99.5 Å². The number of aromatic nitrogens is 3. The minimum atomic E-state index is -1.26. The van der Waals surface area contributed by atoms with Crippen LogP contribution >= 0.6 is 88.5 Å². The van der Waals surface area contributed by atoms with Gasteiger partial charge in [-0.05, 0) is 248 Å². The van der Waals surface area contributed by atoms with Gasteiger partial charge >= 0.3 is 58.3 Å². The molecule has 0 saturated carbocycles. The number of Topliss-reactive ketones (excluding diaryl/α,β-unsaturated/α-hetero) is 1. The third-order valence-electron chi connectivity index (χ3n) is 24.5. The second-order valence-electron chi connectivity index (χ2n) is 36.6. The number of ketones is 1. The number of anilines is 2. The number of rotatable bonds is 22. The number of para-hydroxylation sites is 3. The monoisotopic (exact) mass is 2200 g/mol. The predicted molar refractivity (Wildman–Crippen MR) is 554 cm³/mol. The van der Waals surface area contributed by atoms with Crippen molar-refractivity contribution in [3.8, 4) is 17.2 Å². The lowest BCUT2D eigenvalue weighted by molar-refractivity contribution is -0.149. The lowest BCUT2D eigenvalue weighted by atomic mass is 9.69. The number of methoxy groups -OCH3 is 3. The Morgan fingerprint density at radius 3 is 1.38 bits per heavy atom. The summed E-state index contributed by atoms with van der Waals surface area (Å²) in [5.41, 5.74) is 9.16. The largest absolute Gasteiger partial charge is 0.496 e. The molecule has 6 aliphatic rings. The molecule has 774 valence electrons. The molecule has 143 heavy (non-hydrogen) atoms. The summed E-state index contributed by atoms with van der Waals surface area (Å²) >= 11 is 13.9. The number of nitrogens with one attached hydrogen (secondary N) is 1. The maximum absolute atomic E-state index is 14.6. The molecule has 5 fully saturated rings. The van der Waals surface area contributed by atoms with E-state index in [1.54, 1.807) is 62.2 Å². The van der Waals surface area contributed by atoms with E-state index in [4.69, 9.17) is 76.1 Å². The fourth-order valence-corrected chi connectivity index (χ4v) is 23.3. The number of nitrogens with zero attached hydrogens (tertiary/aromatic N) is 5. The average molecular weight is 2200 g/mol. The Bertz CT molecular complexity index is 6630. The third-order valence-corrected chi connectivity index (χ3v) is 32.0. The molecule has 3 N–H and O–H groups in total. The number of nitrogen functional groups attached to an aromatic ring is 1. The number of hydrogen-bond donors (Lipinski definition) is 2. The first-order chi connectivity index (χ1) is 68.2. The highest BCUT2D eigenvalue weighted by Crippen LogP contribution is 2.52. The first-order valence-corrected chi connectivity index (χ1v) is 53.0. The van der Waals surface area contributed by atoms with Gasteiger partial charge in [-0.15, -0.1) is 56.7 Å². The second kappa shape index (κ2) is 50.6. The molecular weight excluding hydrogens is 2080 g/mol. The van der Waals surface area contributed by atoms with Gasteiger partial charge in [-0.1, -0.05) is 54.6 Å². The molecule has 0 aliphatic carbocycles. The van der Waals surface area contributed by atoms with Gasteiger partial charge in [-0.25, -0.2) is 43.2 Å². The van der Waals surface area contributed by atoms with E-state index in [0.29, 0.717) is 148 Å². The van der Waals surface area contributed by atoms with E-state index >= 15 is 0 Å². The number of nitrogens with two attached hydrogens (primary N) is 1. The Balaban J connectivity index is 0.000000161. The number of amides is 3. The molecule has 6 aliphatic heterocycles. The van der Waals surface area contributed by atoms with Crippen LogP contribution in [0.2, 0.25) is 0 Å². The molecule has 35 nitrogen and oxygen atoms in total. The van der Waals surface area contributed by atoms with Gasteiger partial charge in [-0.3, -0.25) is 33.4 Å². The molecule has 14 heterocycles. The molecule has 42 heteroatoms. The molecule has 11 aromatic rings. The van der Waals surface area contributed by atoms with Crippen LogP contribution in [0.4, 0.5) is 19.6 Å². The first-order valence-electron chi connectivity index (χ1n) is 47.1. The number of benzene rings is 3. The maximum Gasteiger partial charge on any atom is 0.423 e. The molecule has 17 rings (SSSR count). The Morgan fingerprint density at radius 1 is 0.503 bits per heavy atom. The molecule has 8 aromatic heterocycles. The van der Waals surface area contributed by atoms with Gasteiger partial charge in [0.2, 0.25) is 5.91 Å². The number of hydrogen-bond acceptors (Lipinski definition) is 34. The van der Waals surface area contributed by atoms with Crippen LogP contribution in [0.15, 0.2) is 139 Å². The quantitative estimate of drug-likeness (QED) is 0.0361.